The number of nitrogens with zero attached hydrogens (tertiary/aromatic N) is 1. The Morgan fingerprint density at radius 2 is 1.70 bits per heavy atom. The molecule has 2 fully saturated rings. The first-order valence-electron chi connectivity index (χ1n) is 16.7. The Morgan fingerprint density at radius 3 is 2.23 bits per heavy atom. The van der Waals surface area contributed by atoms with Crippen molar-refractivity contribution >= 4 is 22.5 Å². The molecule has 2 saturated carbocycles. The molecule has 3 aliphatic rings. The summed E-state index contributed by atoms with van der Waals surface area (Å²) < 4.78 is 14.3. The molecule has 0 unspecified atom stereocenters. The van der Waals surface area contributed by atoms with Gasteiger partial charge in [-0.1, -0.05) is 96.6 Å². The summed E-state index contributed by atoms with van der Waals surface area (Å²) in [5.74, 6) is -0.953. The third-order valence-electron chi connectivity index (χ3n) is 11.5. The number of rotatable bonds is 9. The van der Waals surface area contributed by atoms with Gasteiger partial charge in [0.05, 0.1) is 13.2 Å². The fraction of sp³-hybridized carbons (Fsp3) is 0.750. The SMILES string of the molecule is C=C1C(=CC=C2CCC[C@]3(C)C(CC)=CC[C@@H]23)C[C@@](ON(OC)C(C)=O)(O[Si](C)(C)C(C)(C)C)C[C@@H]1O[Si](C)(C)C(C)(C)C. The smallest absolute Gasteiger partial charge is 0.270 e. The lowest BCUT2D eigenvalue weighted by atomic mass is 9.64. The van der Waals surface area contributed by atoms with Gasteiger partial charge in [0.25, 0.3) is 5.91 Å². The number of amides is 1. The topological polar surface area (TPSA) is 57.2 Å². The fourth-order valence-electron chi connectivity index (χ4n) is 6.73. The molecule has 0 N–H and O–H groups in total. The average molecular weight is 646 g/mol. The number of carbonyl (C=O) groups is 1. The van der Waals surface area contributed by atoms with E-state index in [1.54, 1.807) is 5.57 Å². The van der Waals surface area contributed by atoms with Crippen molar-refractivity contribution in [1.82, 2.24) is 5.23 Å². The van der Waals surface area contributed by atoms with Gasteiger partial charge in [-0.25, -0.2) is 9.68 Å². The molecule has 3 aliphatic carbocycles. The van der Waals surface area contributed by atoms with Crippen LogP contribution >= 0.6 is 0 Å². The molecule has 6 nitrogen and oxygen atoms in total. The van der Waals surface area contributed by atoms with E-state index in [1.165, 1.54) is 32.4 Å². The van der Waals surface area contributed by atoms with Crippen LogP contribution in [-0.2, 0) is 23.3 Å². The number of fused-ring (bicyclic) bond motifs is 1. The van der Waals surface area contributed by atoms with Gasteiger partial charge in [-0.2, -0.15) is 0 Å². The van der Waals surface area contributed by atoms with E-state index in [0.29, 0.717) is 18.8 Å². The van der Waals surface area contributed by atoms with Crippen LogP contribution in [-0.4, -0.2) is 46.8 Å². The summed E-state index contributed by atoms with van der Waals surface area (Å²) >= 11 is 0. The zero-order valence-electron chi connectivity index (χ0n) is 30.5. The monoisotopic (exact) mass is 645 g/mol. The second-order valence-corrected chi connectivity index (χ2v) is 26.2. The standard InChI is InChI=1S/C36H63NO5Si2/c1-16-30-21-22-31-28(18-17-23-35(30,31)10)19-20-29-24-36(41-37(39-11)27(3)38,42-44(14,15)34(7,8)9)25-32(26(29)2)40-43(12,13)33(4,5)6/h19-21,31-32H,2,16-18,22-25H2,1,3-15H3/t31-,32-,35+,36+/m0/s1. The Kier molecular flexibility index (Phi) is 11.0. The third kappa shape index (κ3) is 7.63. The van der Waals surface area contributed by atoms with E-state index in [0.717, 1.165) is 35.6 Å². The number of allylic oxidation sites excluding steroid dienone is 5. The number of hydrogen-bond acceptors (Lipinski definition) is 5. The maximum Gasteiger partial charge on any atom is 0.270 e. The maximum atomic E-state index is 12.6. The van der Waals surface area contributed by atoms with E-state index in [9.17, 15) is 4.79 Å². The predicted molar refractivity (Wildman–Crippen MR) is 187 cm³/mol. The quantitative estimate of drug-likeness (QED) is 0.108. The van der Waals surface area contributed by atoms with E-state index < -0.39 is 22.4 Å². The molecular formula is C36H63NO5Si2. The summed E-state index contributed by atoms with van der Waals surface area (Å²) in [5, 5.41) is 0.910. The zero-order chi connectivity index (χ0) is 33.5. The summed E-state index contributed by atoms with van der Waals surface area (Å²) in [7, 11) is -3.15. The van der Waals surface area contributed by atoms with Crippen LogP contribution in [0.5, 0.6) is 0 Å². The Hall–Kier alpha value is -1.30. The molecule has 0 spiro atoms. The zero-order valence-corrected chi connectivity index (χ0v) is 32.5. The van der Waals surface area contributed by atoms with Crippen molar-refractivity contribution in [3.05, 3.63) is 47.1 Å². The molecule has 3 rings (SSSR count). The molecule has 0 radical (unpaired) electrons. The summed E-state index contributed by atoms with van der Waals surface area (Å²) in [6.07, 6.45) is 13.5. The fourth-order valence-corrected chi connectivity index (χ4v) is 9.45. The van der Waals surface area contributed by atoms with Gasteiger partial charge in [-0.05, 0) is 90.8 Å². The first kappa shape index (κ1) is 37.2. The summed E-state index contributed by atoms with van der Waals surface area (Å²) in [6, 6.07) is 0. The van der Waals surface area contributed by atoms with Crippen LogP contribution in [0.2, 0.25) is 36.3 Å². The molecule has 0 aliphatic heterocycles. The molecule has 8 heteroatoms. The van der Waals surface area contributed by atoms with Crippen LogP contribution in [0, 0.1) is 11.3 Å². The molecule has 1 amide bonds. The van der Waals surface area contributed by atoms with E-state index >= 15 is 0 Å². The predicted octanol–water partition coefficient (Wildman–Crippen LogP) is 10.2. The highest BCUT2D eigenvalue weighted by molar-refractivity contribution is 6.74. The normalized spacial score (nSPS) is 30.5. The Balaban J connectivity index is 2.15. The minimum Gasteiger partial charge on any atom is -0.410 e. The minimum absolute atomic E-state index is 0.0113. The van der Waals surface area contributed by atoms with Crippen molar-refractivity contribution in [1.29, 1.82) is 0 Å². The molecule has 0 aromatic carbocycles. The lowest BCUT2D eigenvalue weighted by Crippen LogP contribution is -2.58. The van der Waals surface area contributed by atoms with Gasteiger partial charge in [-0.3, -0.25) is 4.79 Å². The van der Waals surface area contributed by atoms with Crippen LogP contribution in [0.3, 0.4) is 0 Å². The van der Waals surface area contributed by atoms with E-state index in [4.69, 9.17) is 18.5 Å². The minimum atomic E-state index is -2.39. The Bertz CT molecular complexity index is 1190. The van der Waals surface area contributed by atoms with Crippen molar-refractivity contribution in [2.45, 2.75) is 155 Å². The molecule has 44 heavy (non-hydrogen) atoms. The Morgan fingerprint density at radius 1 is 1.09 bits per heavy atom. The molecule has 0 aromatic rings. The van der Waals surface area contributed by atoms with Gasteiger partial charge in [0, 0.05) is 19.8 Å². The van der Waals surface area contributed by atoms with Gasteiger partial charge < -0.3 is 8.85 Å². The van der Waals surface area contributed by atoms with Crippen LogP contribution in [0.15, 0.2) is 47.1 Å². The van der Waals surface area contributed by atoms with Crippen LogP contribution in [0.1, 0.15) is 107 Å². The van der Waals surface area contributed by atoms with Crippen molar-refractivity contribution in [2.75, 3.05) is 7.11 Å². The molecule has 0 heterocycles. The summed E-state index contributed by atoms with van der Waals surface area (Å²) in [4.78, 5) is 24.6. The molecule has 4 atom stereocenters. The Labute approximate surface area is 271 Å². The third-order valence-corrected chi connectivity index (χ3v) is 20.5. The van der Waals surface area contributed by atoms with Crippen LogP contribution in [0.25, 0.3) is 0 Å². The van der Waals surface area contributed by atoms with Crippen molar-refractivity contribution < 1.29 is 23.3 Å². The lowest BCUT2D eigenvalue weighted by Gasteiger charge is -2.51. The molecular weight excluding hydrogens is 583 g/mol. The number of carbonyl (C=O) groups excluding carboxylic acids is 1. The molecule has 0 saturated heterocycles. The maximum absolute atomic E-state index is 12.6. The first-order chi connectivity index (χ1) is 20.0. The van der Waals surface area contributed by atoms with E-state index in [-0.39, 0.29) is 27.5 Å². The van der Waals surface area contributed by atoms with Crippen molar-refractivity contribution in [3.63, 3.8) is 0 Å². The summed E-state index contributed by atoms with van der Waals surface area (Å²) in [6.45, 7) is 33.3. The van der Waals surface area contributed by atoms with Gasteiger partial charge in [-0.15, -0.1) is 0 Å². The second kappa shape index (κ2) is 13.1. The average Bonchev–Trinajstić information content (AvgIpc) is 3.23. The molecule has 250 valence electrons. The van der Waals surface area contributed by atoms with E-state index in [1.807, 2.05) is 0 Å². The molecule has 0 bridgehead atoms. The first-order valence-corrected chi connectivity index (χ1v) is 22.5. The second-order valence-electron chi connectivity index (χ2n) is 16.7. The number of hydrogen-bond donors (Lipinski definition) is 0. The van der Waals surface area contributed by atoms with E-state index in [2.05, 4.69) is 106 Å². The van der Waals surface area contributed by atoms with Gasteiger partial charge >= 0.3 is 0 Å². The van der Waals surface area contributed by atoms with Crippen molar-refractivity contribution in [3.8, 4) is 0 Å². The van der Waals surface area contributed by atoms with Gasteiger partial charge in [0.1, 0.15) is 0 Å². The highest BCUT2D eigenvalue weighted by atomic mass is 28.4. The summed E-state index contributed by atoms with van der Waals surface area (Å²) in [5.41, 5.74) is 5.43. The highest BCUT2D eigenvalue weighted by Crippen LogP contribution is 2.56. The number of hydroxylamine groups is 2. The van der Waals surface area contributed by atoms with Gasteiger partial charge in [0.2, 0.25) is 0 Å². The van der Waals surface area contributed by atoms with Crippen molar-refractivity contribution in [2.24, 2.45) is 11.3 Å². The van der Waals surface area contributed by atoms with Gasteiger partial charge in [0.15, 0.2) is 22.4 Å². The highest BCUT2D eigenvalue weighted by Gasteiger charge is 2.53. The van der Waals surface area contributed by atoms with Crippen LogP contribution < -0.4 is 0 Å². The lowest BCUT2D eigenvalue weighted by molar-refractivity contribution is -0.415. The largest absolute Gasteiger partial charge is 0.410 e. The van der Waals surface area contributed by atoms with Crippen LogP contribution in [0.4, 0.5) is 0 Å². The molecule has 0 aromatic heterocycles.